The van der Waals surface area contributed by atoms with Gasteiger partial charge in [-0.05, 0) is 25.1 Å². The van der Waals surface area contributed by atoms with Crippen LogP contribution in [0.3, 0.4) is 0 Å². The number of nitrogens with one attached hydrogen (secondary N) is 1. The SMILES string of the molecule is CCN(/C=C(/C#N)C(=O)Nc1ccc(N)cc1Cl)CCO. The largest absolute Gasteiger partial charge is 0.399 e. The molecule has 0 spiro atoms. The van der Waals surface area contributed by atoms with Crippen molar-refractivity contribution < 1.29 is 9.90 Å². The van der Waals surface area contributed by atoms with Crippen LogP contribution in [0.25, 0.3) is 0 Å². The summed E-state index contributed by atoms with van der Waals surface area (Å²) in [4.78, 5) is 13.7. The van der Waals surface area contributed by atoms with E-state index in [1.54, 1.807) is 17.0 Å². The summed E-state index contributed by atoms with van der Waals surface area (Å²) in [5.74, 6) is -0.569. The molecule has 1 aromatic rings. The number of nitrogens with two attached hydrogens (primary N) is 1. The normalized spacial score (nSPS) is 10.9. The number of nitrogen functional groups attached to an aromatic ring is 1. The summed E-state index contributed by atoms with van der Waals surface area (Å²) in [6.07, 6.45) is 1.41. The average molecular weight is 309 g/mol. The van der Waals surface area contributed by atoms with Crippen LogP contribution in [-0.2, 0) is 4.79 Å². The van der Waals surface area contributed by atoms with Crippen molar-refractivity contribution in [3.8, 4) is 6.07 Å². The highest BCUT2D eigenvalue weighted by molar-refractivity contribution is 6.34. The molecule has 0 unspecified atom stereocenters. The number of likely N-dealkylation sites (N-methyl/N-ethyl adjacent to an activating group) is 1. The fourth-order valence-corrected chi connectivity index (χ4v) is 1.82. The molecule has 0 atom stereocenters. The Morgan fingerprint density at radius 3 is 2.86 bits per heavy atom. The van der Waals surface area contributed by atoms with E-state index in [1.165, 1.54) is 12.3 Å². The molecule has 6 nitrogen and oxygen atoms in total. The van der Waals surface area contributed by atoms with Crippen molar-refractivity contribution in [1.82, 2.24) is 4.90 Å². The van der Waals surface area contributed by atoms with Crippen molar-refractivity contribution in [3.05, 3.63) is 35.0 Å². The highest BCUT2D eigenvalue weighted by atomic mass is 35.5. The maximum absolute atomic E-state index is 12.1. The molecule has 21 heavy (non-hydrogen) atoms. The first-order chi connectivity index (χ1) is 10.0. The second-order valence-corrected chi connectivity index (χ2v) is 4.61. The molecular weight excluding hydrogens is 292 g/mol. The first-order valence-corrected chi connectivity index (χ1v) is 6.72. The van der Waals surface area contributed by atoms with Gasteiger partial charge in [0, 0.05) is 25.0 Å². The van der Waals surface area contributed by atoms with Gasteiger partial charge in [-0.1, -0.05) is 11.6 Å². The van der Waals surface area contributed by atoms with E-state index in [0.717, 1.165) is 0 Å². The molecule has 0 aromatic heterocycles. The van der Waals surface area contributed by atoms with E-state index in [2.05, 4.69) is 5.32 Å². The quantitative estimate of drug-likeness (QED) is 0.421. The monoisotopic (exact) mass is 308 g/mol. The zero-order chi connectivity index (χ0) is 15.8. The van der Waals surface area contributed by atoms with Gasteiger partial charge in [-0.3, -0.25) is 4.79 Å². The molecular formula is C14H17ClN4O2. The highest BCUT2D eigenvalue weighted by Crippen LogP contribution is 2.24. The Morgan fingerprint density at radius 2 is 2.33 bits per heavy atom. The van der Waals surface area contributed by atoms with Crippen LogP contribution in [0.2, 0.25) is 5.02 Å². The Hall–Kier alpha value is -2.23. The zero-order valence-electron chi connectivity index (χ0n) is 11.6. The Bertz CT molecular complexity index is 581. The zero-order valence-corrected chi connectivity index (χ0v) is 12.4. The van der Waals surface area contributed by atoms with E-state index < -0.39 is 5.91 Å². The van der Waals surface area contributed by atoms with E-state index in [-0.39, 0.29) is 12.2 Å². The van der Waals surface area contributed by atoms with Gasteiger partial charge in [-0.25, -0.2) is 0 Å². The van der Waals surface area contributed by atoms with Gasteiger partial charge in [-0.15, -0.1) is 0 Å². The molecule has 1 aromatic carbocycles. The molecule has 0 aliphatic rings. The minimum atomic E-state index is -0.569. The Labute approximate surface area is 128 Å². The molecule has 4 N–H and O–H groups in total. The maximum atomic E-state index is 12.1. The fraction of sp³-hybridized carbons (Fsp3) is 0.286. The van der Waals surface area contributed by atoms with Crippen LogP contribution in [0.5, 0.6) is 0 Å². The lowest BCUT2D eigenvalue weighted by Gasteiger charge is -2.17. The summed E-state index contributed by atoms with van der Waals surface area (Å²) in [6.45, 7) is 2.71. The Morgan fingerprint density at radius 1 is 1.62 bits per heavy atom. The number of anilines is 2. The molecule has 0 saturated carbocycles. The first kappa shape index (κ1) is 16.8. The molecule has 1 amide bonds. The number of rotatable bonds is 6. The number of nitriles is 1. The van der Waals surface area contributed by atoms with Crippen molar-refractivity contribution in [3.63, 3.8) is 0 Å². The maximum Gasteiger partial charge on any atom is 0.267 e. The molecule has 0 aliphatic carbocycles. The second kappa shape index (κ2) is 8.15. The van der Waals surface area contributed by atoms with Gasteiger partial charge < -0.3 is 21.1 Å². The third kappa shape index (κ3) is 4.99. The van der Waals surface area contributed by atoms with Crippen LogP contribution >= 0.6 is 11.6 Å². The van der Waals surface area contributed by atoms with Crippen molar-refractivity contribution >= 4 is 28.9 Å². The van der Waals surface area contributed by atoms with Crippen molar-refractivity contribution in [2.45, 2.75) is 6.92 Å². The van der Waals surface area contributed by atoms with Crippen LogP contribution in [-0.4, -0.2) is 35.6 Å². The second-order valence-electron chi connectivity index (χ2n) is 4.20. The summed E-state index contributed by atoms with van der Waals surface area (Å²) in [7, 11) is 0. The summed E-state index contributed by atoms with van der Waals surface area (Å²) >= 11 is 5.96. The third-order valence-electron chi connectivity index (χ3n) is 2.71. The number of benzene rings is 1. The lowest BCUT2D eigenvalue weighted by molar-refractivity contribution is -0.112. The van der Waals surface area contributed by atoms with Gasteiger partial charge in [0.25, 0.3) is 5.91 Å². The van der Waals surface area contributed by atoms with Gasteiger partial charge in [-0.2, -0.15) is 5.26 Å². The molecule has 0 radical (unpaired) electrons. The summed E-state index contributed by atoms with van der Waals surface area (Å²) in [6, 6.07) is 6.51. The number of hydrogen-bond donors (Lipinski definition) is 3. The number of aliphatic hydroxyl groups excluding tert-OH is 1. The van der Waals surface area contributed by atoms with E-state index in [9.17, 15) is 4.79 Å². The number of hydrogen-bond acceptors (Lipinski definition) is 5. The molecule has 7 heteroatoms. The minimum Gasteiger partial charge on any atom is -0.399 e. The average Bonchev–Trinajstić information content (AvgIpc) is 2.46. The molecule has 0 bridgehead atoms. The third-order valence-corrected chi connectivity index (χ3v) is 3.02. The first-order valence-electron chi connectivity index (χ1n) is 6.35. The number of nitrogens with zero attached hydrogens (tertiary/aromatic N) is 2. The number of amides is 1. The lowest BCUT2D eigenvalue weighted by atomic mass is 10.2. The number of carbonyl (C=O) groups is 1. The molecule has 0 saturated heterocycles. The standard InChI is InChI=1S/C14H17ClN4O2/c1-2-19(5-6-20)9-10(8-16)14(21)18-13-4-3-11(17)7-12(13)15/h3-4,7,9,20H,2,5-6,17H2,1H3,(H,18,21)/b10-9-. The summed E-state index contributed by atoms with van der Waals surface area (Å²) < 4.78 is 0. The number of aliphatic hydroxyl groups is 1. The Kier molecular flexibility index (Phi) is 6.53. The Balaban J connectivity index is 2.89. The van der Waals surface area contributed by atoms with Gasteiger partial charge >= 0.3 is 0 Å². The highest BCUT2D eigenvalue weighted by Gasteiger charge is 2.12. The van der Waals surface area contributed by atoms with E-state index in [0.29, 0.717) is 29.5 Å². The van der Waals surface area contributed by atoms with Gasteiger partial charge in [0.2, 0.25) is 0 Å². The molecule has 0 aliphatic heterocycles. The molecule has 1 rings (SSSR count). The lowest BCUT2D eigenvalue weighted by Crippen LogP contribution is -2.23. The predicted octanol–water partition coefficient (Wildman–Crippen LogP) is 1.58. The van der Waals surface area contributed by atoms with Crippen LogP contribution < -0.4 is 11.1 Å². The topological polar surface area (TPSA) is 102 Å². The van der Waals surface area contributed by atoms with Gasteiger partial charge in [0.15, 0.2) is 0 Å². The van der Waals surface area contributed by atoms with Crippen LogP contribution in [0.4, 0.5) is 11.4 Å². The van der Waals surface area contributed by atoms with Crippen molar-refractivity contribution in [1.29, 1.82) is 5.26 Å². The van der Waals surface area contributed by atoms with Crippen molar-refractivity contribution in [2.75, 3.05) is 30.7 Å². The minimum absolute atomic E-state index is 0.0611. The number of carbonyl (C=O) groups excluding carboxylic acids is 1. The molecule has 112 valence electrons. The molecule has 0 fully saturated rings. The van der Waals surface area contributed by atoms with Crippen LogP contribution in [0.1, 0.15) is 6.92 Å². The summed E-state index contributed by atoms with van der Waals surface area (Å²) in [5, 5.41) is 20.8. The van der Waals surface area contributed by atoms with Crippen LogP contribution in [0, 0.1) is 11.3 Å². The van der Waals surface area contributed by atoms with Gasteiger partial charge in [0.1, 0.15) is 11.6 Å². The number of halogens is 1. The molecule has 0 heterocycles. The van der Waals surface area contributed by atoms with Crippen molar-refractivity contribution in [2.24, 2.45) is 0 Å². The van der Waals surface area contributed by atoms with E-state index in [1.807, 2.05) is 13.0 Å². The van der Waals surface area contributed by atoms with Crippen LogP contribution in [0.15, 0.2) is 30.0 Å². The van der Waals surface area contributed by atoms with Gasteiger partial charge in [0.05, 0.1) is 17.3 Å². The van der Waals surface area contributed by atoms with E-state index >= 15 is 0 Å². The fourth-order valence-electron chi connectivity index (χ4n) is 1.59. The smallest absolute Gasteiger partial charge is 0.267 e. The predicted molar refractivity (Wildman–Crippen MR) is 82.5 cm³/mol. The summed E-state index contributed by atoms with van der Waals surface area (Å²) in [5.41, 5.74) is 6.36. The van der Waals surface area contributed by atoms with E-state index in [4.69, 9.17) is 27.7 Å².